The van der Waals surface area contributed by atoms with Gasteiger partial charge in [0.25, 0.3) is 0 Å². The zero-order valence-electron chi connectivity index (χ0n) is 21.2. The van der Waals surface area contributed by atoms with Crippen LogP contribution in [0.2, 0.25) is 0 Å². The molecule has 34 heavy (non-hydrogen) atoms. The van der Waals surface area contributed by atoms with Crippen LogP contribution in [-0.4, -0.2) is 9.55 Å². The van der Waals surface area contributed by atoms with E-state index < -0.39 is 6.98 Å². The zero-order chi connectivity index (χ0) is 25.1. The van der Waals surface area contributed by atoms with Crippen molar-refractivity contribution in [3.63, 3.8) is 0 Å². The van der Waals surface area contributed by atoms with Crippen molar-refractivity contribution in [2.75, 3.05) is 0 Å². The fraction of sp³-hybridized carbons (Fsp3) is 0.0323. The second-order valence-electron chi connectivity index (χ2n) is 8.46. The fourth-order valence-corrected chi connectivity index (χ4v) is 5.13. The molecule has 0 amide bonds. The Morgan fingerprint density at radius 2 is 1.21 bits per heavy atom. The summed E-state index contributed by atoms with van der Waals surface area (Å²) in [6, 6.07) is 34.4. The molecule has 0 bridgehead atoms. The van der Waals surface area contributed by atoms with E-state index in [1.165, 1.54) is 4.57 Å². The van der Waals surface area contributed by atoms with Gasteiger partial charge in [0.15, 0.2) is 0 Å². The average Bonchev–Trinajstić information content (AvgIpc) is 3.33. The molecule has 1 aliphatic rings. The molecule has 1 aliphatic carbocycles. The minimum absolute atomic E-state index is 0.579. The molecule has 6 aromatic rings. The molecule has 0 atom stereocenters. The highest BCUT2D eigenvalue weighted by Crippen LogP contribution is 2.48. The van der Waals surface area contributed by atoms with Crippen LogP contribution in [0.4, 0.5) is 0 Å². The molecule has 0 radical (unpaired) electrons. The summed E-state index contributed by atoms with van der Waals surface area (Å²) in [6.45, 7) is -2.44. The lowest BCUT2D eigenvalue weighted by Crippen LogP contribution is -2.29. The van der Waals surface area contributed by atoms with Crippen molar-refractivity contribution in [2.45, 2.75) is 0 Å². The smallest absolute Gasteiger partial charge is 0.244 e. The third kappa shape index (κ3) is 2.64. The van der Waals surface area contributed by atoms with Gasteiger partial charge in [0.2, 0.25) is 6.33 Å². The van der Waals surface area contributed by atoms with Gasteiger partial charge in [0.1, 0.15) is 0 Å². The second-order valence-corrected chi connectivity index (χ2v) is 8.46. The monoisotopic (exact) mass is 438 g/mol. The molecule has 4 aromatic carbocycles. The predicted molar refractivity (Wildman–Crippen MR) is 136 cm³/mol. The van der Waals surface area contributed by atoms with Crippen LogP contribution in [0.15, 0.2) is 109 Å². The van der Waals surface area contributed by atoms with Gasteiger partial charge in [0, 0.05) is 17.3 Å². The van der Waals surface area contributed by atoms with E-state index in [9.17, 15) is 0 Å². The minimum atomic E-state index is -2.44. The lowest BCUT2D eigenvalue weighted by atomic mass is 9.82. The molecule has 2 heterocycles. The van der Waals surface area contributed by atoms with Crippen molar-refractivity contribution in [1.82, 2.24) is 9.55 Å². The minimum Gasteiger partial charge on any atom is -0.318 e. The summed E-state index contributed by atoms with van der Waals surface area (Å²) in [4.78, 5) is 5.01. The first-order valence-corrected chi connectivity index (χ1v) is 11.3. The number of para-hydroxylation sites is 1. The van der Waals surface area contributed by atoms with Crippen LogP contribution in [0.5, 0.6) is 0 Å². The molecular weight excluding hydrogens is 414 g/mol. The molecule has 3 heteroatoms. The topological polar surface area (TPSA) is 21.7 Å². The molecule has 2 aromatic heterocycles. The van der Waals surface area contributed by atoms with Gasteiger partial charge in [-0.15, -0.1) is 0 Å². The van der Waals surface area contributed by atoms with Gasteiger partial charge in [0.05, 0.1) is 33.5 Å². The number of hydrogen-bond donors (Lipinski definition) is 0. The number of imidazole rings is 1. The molecule has 0 spiro atoms. The van der Waals surface area contributed by atoms with E-state index in [2.05, 4.69) is 48.8 Å². The molecule has 0 saturated heterocycles. The van der Waals surface area contributed by atoms with Crippen molar-refractivity contribution >= 4 is 11.0 Å². The molecular formula is C31H21N3. The number of fused-ring (bicyclic) bond motifs is 10. The van der Waals surface area contributed by atoms with Gasteiger partial charge in [-0.25, -0.2) is 0 Å². The summed E-state index contributed by atoms with van der Waals surface area (Å²) >= 11 is 0. The highest BCUT2D eigenvalue weighted by Gasteiger charge is 2.25. The standard InChI is InChI=1S/C31H21N3/c1-33-20-34(21-11-3-2-4-12-21)28-19-32-30-27-18-10-8-16-25(27)23-14-6-5-13-22(23)24-15-7-9-17-26(24)29(30)31(28)33/h2-19H,1H3/i1D3. The number of pyridine rings is 1. The highest BCUT2D eigenvalue weighted by molar-refractivity contribution is 6.08. The van der Waals surface area contributed by atoms with Gasteiger partial charge >= 0.3 is 0 Å². The second kappa shape index (κ2) is 7.26. The van der Waals surface area contributed by atoms with E-state index in [-0.39, 0.29) is 0 Å². The Kier molecular flexibility index (Phi) is 3.45. The van der Waals surface area contributed by atoms with Gasteiger partial charge in [-0.2, -0.15) is 0 Å². The highest BCUT2D eigenvalue weighted by atomic mass is 15.1. The van der Waals surface area contributed by atoms with Crippen LogP contribution in [0.3, 0.4) is 0 Å². The van der Waals surface area contributed by atoms with Gasteiger partial charge < -0.3 is 9.13 Å². The van der Waals surface area contributed by atoms with Crippen molar-refractivity contribution in [3.8, 4) is 50.3 Å². The van der Waals surface area contributed by atoms with E-state index in [1.54, 1.807) is 10.8 Å². The van der Waals surface area contributed by atoms with Crippen molar-refractivity contribution in [1.29, 1.82) is 0 Å². The molecule has 0 unspecified atom stereocenters. The zero-order valence-corrected chi connectivity index (χ0v) is 18.2. The van der Waals surface area contributed by atoms with E-state index in [4.69, 9.17) is 9.10 Å². The maximum absolute atomic E-state index is 8.42. The van der Waals surface area contributed by atoms with Crippen LogP contribution in [0.1, 0.15) is 4.11 Å². The molecule has 160 valence electrons. The summed E-state index contributed by atoms with van der Waals surface area (Å²) in [5.74, 6) is 0. The van der Waals surface area contributed by atoms with Crippen LogP contribution in [0.25, 0.3) is 61.4 Å². The number of hydrogen-bond acceptors (Lipinski definition) is 1. The lowest BCUT2D eigenvalue weighted by molar-refractivity contribution is -0.573. The lowest BCUT2D eigenvalue weighted by Gasteiger charge is -2.23. The Morgan fingerprint density at radius 3 is 1.85 bits per heavy atom. The predicted octanol–water partition coefficient (Wildman–Crippen LogP) is 6.63. The summed E-state index contributed by atoms with van der Waals surface area (Å²) in [5, 5.41) is 0. The van der Waals surface area contributed by atoms with Crippen molar-refractivity contribution in [2.24, 2.45) is 6.98 Å². The first-order chi connectivity index (χ1) is 18.0. The molecule has 3 nitrogen and oxygen atoms in total. The summed E-state index contributed by atoms with van der Waals surface area (Å²) in [7, 11) is 0. The molecule has 0 fully saturated rings. The normalized spacial score (nSPS) is 13.4. The SMILES string of the molecule is [2H]C([2H])([2H])n1[c-][n+](-c2ccccc2)c2cnc3c(c21)-c1ccccc1-c1ccccc1-c1ccccc1-3. The number of aromatic nitrogens is 3. The average molecular weight is 439 g/mol. The number of aryl methyl sites for hydroxylation is 1. The first kappa shape index (κ1) is 16.2. The Morgan fingerprint density at radius 1 is 0.676 bits per heavy atom. The molecule has 7 rings (SSSR count). The summed E-state index contributed by atoms with van der Waals surface area (Å²) < 4.78 is 28.4. The Balaban J connectivity index is 1.71. The van der Waals surface area contributed by atoms with Crippen LogP contribution < -0.4 is 4.57 Å². The van der Waals surface area contributed by atoms with E-state index in [0.717, 1.165) is 50.3 Å². The summed E-state index contributed by atoms with van der Waals surface area (Å²) in [6.07, 6.45) is 4.91. The Bertz CT molecular complexity index is 1810. The number of benzene rings is 4. The third-order valence-corrected chi connectivity index (χ3v) is 6.60. The largest absolute Gasteiger partial charge is 0.318 e. The van der Waals surface area contributed by atoms with E-state index in [1.807, 2.05) is 60.7 Å². The van der Waals surface area contributed by atoms with Gasteiger partial charge in [-0.05, 0) is 27.8 Å². The maximum atomic E-state index is 8.42. The fourth-order valence-electron chi connectivity index (χ4n) is 5.13. The molecule has 0 N–H and O–H groups in total. The number of nitrogens with zero attached hydrogens (tertiary/aromatic N) is 3. The number of rotatable bonds is 1. The van der Waals surface area contributed by atoms with Crippen molar-refractivity contribution < 1.29 is 8.68 Å². The van der Waals surface area contributed by atoms with Gasteiger partial charge in [-0.1, -0.05) is 103 Å². The van der Waals surface area contributed by atoms with Crippen molar-refractivity contribution in [3.05, 3.63) is 116 Å². The van der Waals surface area contributed by atoms with E-state index in [0.29, 0.717) is 11.0 Å². The Hall–Kier alpha value is -4.50. The Labute approximate surface area is 202 Å². The van der Waals surface area contributed by atoms with Crippen LogP contribution in [0, 0.1) is 6.33 Å². The first-order valence-electron chi connectivity index (χ1n) is 12.8. The van der Waals surface area contributed by atoms with E-state index >= 15 is 0 Å². The van der Waals surface area contributed by atoms with Crippen LogP contribution >= 0.6 is 0 Å². The maximum Gasteiger partial charge on any atom is 0.244 e. The molecule has 0 saturated carbocycles. The van der Waals surface area contributed by atoms with Gasteiger partial charge in [-0.3, -0.25) is 4.98 Å². The van der Waals surface area contributed by atoms with Crippen LogP contribution in [-0.2, 0) is 6.98 Å². The quantitative estimate of drug-likeness (QED) is 0.208. The summed E-state index contributed by atoms with van der Waals surface area (Å²) in [5.41, 5.74) is 9.84. The third-order valence-electron chi connectivity index (χ3n) is 6.60. The molecule has 0 aliphatic heterocycles.